The molecule has 3 N–H and O–H groups in total. The molecule has 0 spiro atoms. The van der Waals surface area contributed by atoms with Crippen LogP contribution < -0.4 is 30.2 Å². The van der Waals surface area contributed by atoms with Crippen LogP contribution in [0.3, 0.4) is 0 Å². The molecule has 5 rings (SSSR count). The SMILES string of the molecule is COc1ccc(NC(C)=O)cc1NC(=O)C1CCCc2sc(NC(=O)c3ccc4c(c3)OCO4)nc21. The Morgan fingerprint density at radius 1 is 1.06 bits per heavy atom. The van der Waals surface area contributed by atoms with E-state index >= 15 is 0 Å². The third kappa shape index (κ3) is 4.82. The summed E-state index contributed by atoms with van der Waals surface area (Å²) in [5.74, 6) is 0.360. The molecule has 3 amide bonds. The molecule has 2 heterocycles. The first-order valence-electron chi connectivity index (χ1n) is 11.4. The molecule has 1 unspecified atom stereocenters. The Hall–Kier alpha value is -4.12. The van der Waals surface area contributed by atoms with Gasteiger partial charge in [0.2, 0.25) is 18.6 Å². The summed E-state index contributed by atoms with van der Waals surface area (Å²) in [6, 6.07) is 10.0. The summed E-state index contributed by atoms with van der Waals surface area (Å²) in [4.78, 5) is 43.1. The van der Waals surface area contributed by atoms with E-state index in [2.05, 4.69) is 20.9 Å². The molecule has 2 aliphatic rings. The lowest BCUT2D eigenvalue weighted by atomic mass is 9.90. The van der Waals surface area contributed by atoms with E-state index in [-0.39, 0.29) is 24.5 Å². The van der Waals surface area contributed by atoms with Gasteiger partial charge in [-0.3, -0.25) is 19.7 Å². The Labute approximate surface area is 211 Å². The number of hydrogen-bond acceptors (Lipinski definition) is 8. The molecule has 2 aromatic carbocycles. The van der Waals surface area contributed by atoms with E-state index in [1.807, 2.05) is 0 Å². The van der Waals surface area contributed by atoms with Gasteiger partial charge in [0.15, 0.2) is 16.6 Å². The van der Waals surface area contributed by atoms with Crippen molar-refractivity contribution in [1.82, 2.24) is 4.98 Å². The third-order valence-corrected chi connectivity index (χ3v) is 6.95. The Balaban J connectivity index is 1.33. The average molecular weight is 509 g/mol. The van der Waals surface area contributed by atoms with E-state index in [1.54, 1.807) is 36.4 Å². The third-order valence-electron chi connectivity index (χ3n) is 5.90. The number of anilines is 3. The second-order valence-corrected chi connectivity index (χ2v) is 9.46. The zero-order chi connectivity index (χ0) is 25.2. The first kappa shape index (κ1) is 23.6. The fraction of sp³-hybridized carbons (Fsp3) is 0.280. The van der Waals surface area contributed by atoms with Gasteiger partial charge in [0, 0.05) is 23.1 Å². The van der Waals surface area contributed by atoms with Crippen molar-refractivity contribution >= 4 is 45.6 Å². The summed E-state index contributed by atoms with van der Waals surface area (Å²) in [7, 11) is 1.51. The number of nitrogens with zero attached hydrogens (tertiary/aromatic N) is 1. The van der Waals surface area contributed by atoms with Gasteiger partial charge in [-0.25, -0.2) is 4.98 Å². The highest BCUT2D eigenvalue weighted by Crippen LogP contribution is 2.39. The summed E-state index contributed by atoms with van der Waals surface area (Å²) in [6.07, 6.45) is 2.25. The van der Waals surface area contributed by atoms with Gasteiger partial charge in [-0.15, -0.1) is 11.3 Å². The fourth-order valence-electron chi connectivity index (χ4n) is 4.24. The number of hydrogen-bond donors (Lipinski definition) is 3. The molecule has 0 radical (unpaired) electrons. The van der Waals surface area contributed by atoms with Crippen molar-refractivity contribution < 1.29 is 28.6 Å². The van der Waals surface area contributed by atoms with E-state index < -0.39 is 5.92 Å². The molecule has 186 valence electrons. The number of amides is 3. The zero-order valence-electron chi connectivity index (χ0n) is 19.7. The van der Waals surface area contributed by atoms with Gasteiger partial charge in [0.05, 0.1) is 24.4 Å². The average Bonchev–Trinajstić information content (AvgIpc) is 3.49. The number of aryl methyl sites for hydroxylation is 1. The van der Waals surface area contributed by atoms with Gasteiger partial charge < -0.3 is 24.8 Å². The van der Waals surface area contributed by atoms with Gasteiger partial charge >= 0.3 is 0 Å². The van der Waals surface area contributed by atoms with E-state index in [0.717, 1.165) is 17.7 Å². The molecular formula is C25H24N4O6S. The van der Waals surface area contributed by atoms with Gasteiger partial charge in [-0.05, 0) is 55.7 Å². The van der Waals surface area contributed by atoms with Crippen LogP contribution in [0.4, 0.5) is 16.5 Å². The second-order valence-electron chi connectivity index (χ2n) is 8.38. The summed E-state index contributed by atoms with van der Waals surface area (Å²) in [5, 5.41) is 8.90. The number of methoxy groups -OCH3 is 1. The van der Waals surface area contributed by atoms with E-state index in [0.29, 0.717) is 51.4 Å². The molecule has 36 heavy (non-hydrogen) atoms. The number of carbonyl (C=O) groups is 3. The van der Waals surface area contributed by atoms with Crippen molar-refractivity contribution in [3.8, 4) is 17.2 Å². The lowest BCUT2D eigenvalue weighted by Crippen LogP contribution is -2.25. The molecule has 1 atom stereocenters. The molecule has 1 aliphatic carbocycles. The number of aromatic nitrogens is 1. The summed E-state index contributed by atoms with van der Waals surface area (Å²) in [5.41, 5.74) is 2.09. The molecule has 0 fully saturated rings. The lowest BCUT2D eigenvalue weighted by molar-refractivity contribution is -0.118. The lowest BCUT2D eigenvalue weighted by Gasteiger charge is -2.21. The van der Waals surface area contributed by atoms with Crippen LogP contribution in [0.25, 0.3) is 0 Å². The predicted molar refractivity (Wildman–Crippen MR) is 134 cm³/mol. The van der Waals surface area contributed by atoms with Gasteiger partial charge in [-0.1, -0.05) is 0 Å². The summed E-state index contributed by atoms with van der Waals surface area (Å²) < 4.78 is 16.0. The minimum Gasteiger partial charge on any atom is -0.495 e. The topological polar surface area (TPSA) is 128 Å². The Kier molecular flexibility index (Phi) is 6.47. The molecule has 3 aromatic rings. The fourth-order valence-corrected chi connectivity index (χ4v) is 5.30. The second kappa shape index (κ2) is 9.86. The van der Waals surface area contributed by atoms with E-state index in [9.17, 15) is 14.4 Å². The number of carbonyl (C=O) groups excluding carboxylic acids is 3. The van der Waals surface area contributed by atoms with Crippen molar-refractivity contribution in [2.75, 3.05) is 29.9 Å². The summed E-state index contributed by atoms with van der Waals surface area (Å²) >= 11 is 1.38. The van der Waals surface area contributed by atoms with Crippen LogP contribution in [0.15, 0.2) is 36.4 Å². The number of thiazole rings is 1. The Morgan fingerprint density at radius 2 is 1.89 bits per heavy atom. The maximum atomic E-state index is 13.3. The van der Waals surface area contributed by atoms with Crippen molar-refractivity contribution in [2.45, 2.75) is 32.1 Å². The number of rotatable bonds is 6. The van der Waals surface area contributed by atoms with Crippen LogP contribution >= 0.6 is 11.3 Å². The van der Waals surface area contributed by atoms with Crippen LogP contribution in [0.2, 0.25) is 0 Å². The largest absolute Gasteiger partial charge is 0.495 e. The van der Waals surface area contributed by atoms with Crippen LogP contribution in [-0.4, -0.2) is 36.6 Å². The molecule has 0 saturated carbocycles. The molecular weight excluding hydrogens is 484 g/mol. The minimum absolute atomic E-state index is 0.131. The Morgan fingerprint density at radius 3 is 2.69 bits per heavy atom. The molecule has 0 saturated heterocycles. The van der Waals surface area contributed by atoms with Crippen LogP contribution in [0.5, 0.6) is 17.2 Å². The molecule has 10 nitrogen and oxygen atoms in total. The van der Waals surface area contributed by atoms with Gasteiger partial charge in [0.25, 0.3) is 5.91 Å². The van der Waals surface area contributed by atoms with Gasteiger partial charge in [-0.2, -0.15) is 0 Å². The monoisotopic (exact) mass is 508 g/mol. The maximum Gasteiger partial charge on any atom is 0.257 e. The van der Waals surface area contributed by atoms with E-state index in [4.69, 9.17) is 14.2 Å². The first-order valence-corrected chi connectivity index (χ1v) is 12.2. The van der Waals surface area contributed by atoms with Gasteiger partial charge in [0.1, 0.15) is 5.75 Å². The van der Waals surface area contributed by atoms with Crippen molar-refractivity contribution in [2.24, 2.45) is 0 Å². The summed E-state index contributed by atoms with van der Waals surface area (Å²) in [6.45, 7) is 1.55. The van der Waals surface area contributed by atoms with Crippen LogP contribution in [0.1, 0.15) is 46.6 Å². The first-order chi connectivity index (χ1) is 17.4. The highest BCUT2D eigenvalue weighted by Gasteiger charge is 2.31. The van der Waals surface area contributed by atoms with Crippen LogP contribution in [0, 0.1) is 0 Å². The molecule has 1 aliphatic heterocycles. The standard InChI is InChI=1S/C25H24N4O6S/c1-13(30)26-15-7-9-18(33-2)17(11-15)27-24(32)16-4-3-5-21-22(16)28-25(36-21)29-23(31)14-6-8-19-20(10-14)35-12-34-19/h6-11,16H,3-5,12H2,1-2H3,(H,26,30)(H,27,32)(H,28,29,31). The minimum atomic E-state index is -0.477. The van der Waals surface area contributed by atoms with Crippen molar-refractivity contribution in [3.05, 3.63) is 52.5 Å². The number of benzene rings is 2. The van der Waals surface area contributed by atoms with Crippen molar-refractivity contribution in [1.29, 1.82) is 0 Å². The molecule has 0 bridgehead atoms. The number of fused-ring (bicyclic) bond motifs is 2. The van der Waals surface area contributed by atoms with Crippen molar-refractivity contribution in [3.63, 3.8) is 0 Å². The Bertz CT molecular complexity index is 1350. The zero-order valence-corrected chi connectivity index (χ0v) is 20.5. The number of nitrogens with one attached hydrogen (secondary N) is 3. The smallest absolute Gasteiger partial charge is 0.257 e. The quantitative estimate of drug-likeness (QED) is 0.456. The van der Waals surface area contributed by atoms with Crippen LogP contribution in [-0.2, 0) is 16.0 Å². The highest BCUT2D eigenvalue weighted by atomic mass is 32.1. The maximum absolute atomic E-state index is 13.3. The molecule has 11 heteroatoms. The highest BCUT2D eigenvalue weighted by molar-refractivity contribution is 7.16. The number of ether oxygens (including phenoxy) is 3. The normalized spacial score (nSPS) is 15.6. The predicted octanol–water partition coefficient (Wildman–Crippen LogP) is 4.15. The van der Waals surface area contributed by atoms with E-state index in [1.165, 1.54) is 25.4 Å². The molecule has 1 aromatic heterocycles.